The zero-order valence-corrected chi connectivity index (χ0v) is 21.8. The Hall–Kier alpha value is -5.34. The van der Waals surface area contributed by atoms with Crippen LogP contribution in [0, 0.1) is 0 Å². The molecule has 0 atom stereocenters. The summed E-state index contributed by atoms with van der Waals surface area (Å²) in [4.78, 5) is 2.38. The number of fused-ring (bicyclic) bond motifs is 6. The minimum Gasteiger partial charge on any atom is -0.456 e. The molecule has 0 amide bonds. The molecule has 0 aliphatic carbocycles. The third kappa shape index (κ3) is 3.65. The first-order valence-corrected chi connectivity index (χ1v) is 13.6. The van der Waals surface area contributed by atoms with Gasteiger partial charge in [-0.05, 0) is 69.6 Å². The van der Waals surface area contributed by atoms with Crippen molar-refractivity contribution in [2.45, 2.75) is 0 Å². The Morgan fingerprint density at radius 1 is 0.425 bits per heavy atom. The SMILES string of the molecule is c1ccc(-c2ccccc2N(c2ccc3ccccc3c2)c2ccc3ccc4oc5ccccc5c4c3c2)cc1. The van der Waals surface area contributed by atoms with Crippen LogP contribution >= 0.6 is 0 Å². The lowest BCUT2D eigenvalue weighted by atomic mass is 9.99. The Labute approximate surface area is 232 Å². The molecule has 8 aromatic rings. The molecule has 0 saturated carbocycles. The molecule has 2 nitrogen and oxygen atoms in total. The fourth-order valence-corrected chi connectivity index (χ4v) is 5.94. The Balaban J connectivity index is 1.42. The molecule has 0 N–H and O–H groups in total. The Kier molecular flexibility index (Phi) is 5.17. The maximum absolute atomic E-state index is 6.24. The predicted molar refractivity (Wildman–Crippen MR) is 169 cm³/mol. The highest BCUT2D eigenvalue weighted by atomic mass is 16.3. The summed E-state index contributed by atoms with van der Waals surface area (Å²) in [7, 11) is 0. The van der Waals surface area contributed by atoms with Crippen LogP contribution in [0.3, 0.4) is 0 Å². The van der Waals surface area contributed by atoms with Crippen molar-refractivity contribution in [3.05, 3.63) is 152 Å². The summed E-state index contributed by atoms with van der Waals surface area (Å²) in [6.45, 7) is 0. The number of hydrogen-bond donors (Lipinski definition) is 0. The summed E-state index contributed by atoms with van der Waals surface area (Å²) in [5, 5.41) is 7.12. The van der Waals surface area contributed by atoms with Gasteiger partial charge in [-0.2, -0.15) is 0 Å². The van der Waals surface area contributed by atoms with Gasteiger partial charge in [0, 0.05) is 27.7 Å². The lowest BCUT2D eigenvalue weighted by Gasteiger charge is -2.28. The van der Waals surface area contributed by atoms with Gasteiger partial charge in [0.2, 0.25) is 0 Å². The summed E-state index contributed by atoms with van der Waals surface area (Å²) in [6, 6.07) is 53.9. The van der Waals surface area contributed by atoms with Gasteiger partial charge in [0.15, 0.2) is 0 Å². The molecular formula is C38H25NO. The van der Waals surface area contributed by atoms with Crippen LogP contribution < -0.4 is 4.90 Å². The first-order valence-electron chi connectivity index (χ1n) is 13.6. The Bertz CT molecular complexity index is 2170. The number of para-hydroxylation sites is 2. The van der Waals surface area contributed by atoms with Gasteiger partial charge in [-0.1, -0.05) is 109 Å². The molecule has 0 aliphatic heterocycles. The monoisotopic (exact) mass is 511 g/mol. The number of hydrogen-bond acceptors (Lipinski definition) is 2. The Morgan fingerprint density at radius 3 is 2.00 bits per heavy atom. The van der Waals surface area contributed by atoms with E-state index in [1.807, 2.05) is 12.1 Å². The van der Waals surface area contributed by atoms with Crippen LogP contribution in [-0.4, -0.2) is 0 Å². The third-order valence-corrected chi connectivity index (χ3v) is 7.82. The molecule has 1 aromatic heterocycles. The van der Waals surface area contributed by atoms with Crippen molar-refractivity contribution < 1.29 is 4.42 Å². The van der Waals surface area contributed by atoms with Gasteiger partial charge in [0.05, 0.1) is 5.69 Å². The lowest BCUT2D eigenvalue weighted by molar-refractivity contribution is 0.669. The first kappa shape index (κ1) is 22.6. The van der Waals surface area contributed by atoms with Crippen LogP contribution in [0.2, 0.25) is 0 Å². The number of rotatable bonds is 4. The van der Waals surface area contributed by atoms with Gasteiger partial charge in [0.1, 0.15) is 11.2 Å². The van der Waals surface area contributed by atoms with Crippen LogP contribution in [0.4, 0.5) is 17.1 Å². The molecule has 0 radical (unpaired) electrons. The molecular weight excluding hydrogens is 486 g/mol. The maximum Gasteiger partial charge on any atom is 0.136 e. The van der Waals surface area contributed by atoms with E-state index in [1.165, 1.54) is 32.7 Å². The molecule has 0 aliphatic rings. The van der Waals surface area contributed by atoms with E-state index >= 15 is 0 Å². The van der Waals surface area contributed by atoms with E-state index in [0.29, 0.717) is 0 Å². The van der Waals surface area contributed by atoms with E-state index in [0.717, 1.165) is 39.0 Å². The van der Waals surface area contributed by atoms with Crippen molar-refractivity contribution in [1.82, 2.24) is 0 Å². The van der Waals surface area contributed by atoms with Gasteiger partial charge in [-0.3, -0.25) is 0 Å². The molecule has 0 fully saturated rings. The second-order valence-electron chi connectivity index (χ2n) is 10.2. The fraction of sp³-hybridized carbons (Fsp3) is 0. The summed E-state index contributed by atoms with van der Waals surface area (Å²) < 4.78 is 6.24. The first-order chi connectivity index (χ1) is 19.8. The quantitative estimate of drug-likeness (QED) is 0.234. The van der Waals surface area contributed by atoms with Crippen molar-refractivity contribution in [2.75, 3.05) is 4.90 Å². The highest BCUT2D eigenvalue weighted by Crippen LogP contribution is 2.43. The fourth-order valence-electron chi connectivity index (χ4n) is 5.94. The van der Waals surface area contributed by atoms with Gasteiger partial charge in [-0.15, -0.1) is 0 Å². The summed E-state index contributed by atoms with van der Waals surface area (Å²) in [6.07, 6.45) is 0. The topological polar surface area (TPSA) is 16.4 Å². The summed E-state index contributed by atoms with van der Waals surface area (Å²) in [5.74, 6) is 0. The molecule has 8 rings (SSSR count). The van der Waals surface area contributed by atoms with E-state index in [2.05, 4.69) is 144 Å². The number of nitrogens with zero attached hydrogens (tertiary/aromatic N) is 1. The van der Waals surface area contributed by atoms with Gasteiger partial charge in [0.25, 0.3) is 0 Å². The molecule has 40 heavy (non-hydrogen) atoms. The smallest absolute Gasteiger partial charge is 0.136 e. The molecule has 0 saturated heterocycles. The van der Waals surface area contributed by atoms with Crippen LogP contribution in [-0.2, 0) is 0 Å². The second kappa shape index (κ2) is 9.14. The van der Waals surface area contributed by atoms with Crippen molar-refractivity contribution in [2.24, 2.45) is 0 Å². The predicted octanol–water partition coefficient (Wildman–Crippen LogP) is 11.0. The zero-order valence-electron chi connectivity index (χ0n) is 21.8. The average Bonchev–Trinajstić information content (AvgIpc) is 3.41. The average molecular weight is 512 g/mol. The van der Waals surface area contributed by atoms with Gasteiger partial charge >= 0.3 is 0 Å². The van der Waals surface area contributed by atoms with E-state index in [-0.39, 0.29) is 0 Å². The van der Waals surface area contributed by atoms with Crippen molar-refractivity contribution in [1.29, 1.82) is 0 Å². The van der Waals surface area contributed by atoms with E-state index in [4.69, 9.17) is 4.42 Å². The standard InChI is InChI=1S/C38H25NO/c1-2-11-27(12-3-1)32-14-6-8-16-35(32)39(30-21-18-26-10-4-5-13-29(26)24-30)31-22-19-28-20-23-37-38(34(28)25-31)33-15-7-9-17-36(33)40-37/h1-25H. The van der Waals surface area contributed by atoms with Gasteiger partial charge in [-0.25, -0.2) is 0 Å². The van der Waals surface area contributed by atoms with Gasteiger partial charge < -0.3 is 9.32 Å². The van der Waals surface area contributed by atoms with Crippen LogP contribution in [0.5, 0.6) is 0 Å². The molecule has 0 unspecified atom stereocenters. The maximum atomic E-state index is 6.24. The third-order valence-electron chi connectivity index (χ3n) is 7.82. The lowest BCUT2D eigenvalue weighted by Crippen LogP contribution is -2.11. The minimum atomic E-state index is 0.910. The minimum absolute atomic E-state index is 0.910. The molecule has 188 valence electrons. The van der Waals surface area contributed by atoms with Crippen LogP contribution in [0.25, 0.3) is 54.6 Å². The summed E-state index contributed by atoms with van der Waals surface area (Å²) in [5.41, 5.74) is 7.54. The number of anilines is 3. The van der Waals surface area contributed by atoms with Crippen molar-refractivity contribution in [3.8, 4) is 11.1 Å². The zero-order chi connectivity index (χ0) is 26.5. The molecule has 7 aromatic carbocycles. The molecule has 0 bridgehead atoms. The van der Waals surface area contributed by atoms with E-state index in [9.17, 15) is 0 Å². The molecule has 1 heterocycles. The van der Waals surface area contributed by atoms with Crippen LogP contribution in [0.1, 0.15) is 0 Å². The van der Waals surface area contributed by atoms with Crippen molar-refractivity contribution in [3.63, 3.8) is 0 Å². The highest BCUT2D eigenvalue weighted by molar-refractivity contribution is 6.19. The van der Waals surface area contributed by atoms with Crippen LogP contribution in [0.15, 0.2) is 156 Å². The summed E-state index contributed by atoms with van der Waals surface area (Å²) >= 11 is 0. The second-order valence-corrected chi connectivity index (χ2v) is 10.2. The van der Waals surface area contributed by atoms with Crippen molar-refractivity contribution >= 4 is 60.5 Å². The Morgan fingerprint density at radius 2 is 1.10 bits per heavy atom. The molecule has 2 heteroatoms. The van der Waals surface area contributed by atoms with E-state index in [1.54, 1.807) is 0 Å². The molecule has 0 spiro atoms. The largest absolute Gasteiger partial charge is 0.456 e. The number of furan rings is 1. The number of benzene rings is 7. The highest BCUT2D eigenvalue weighted by Gasteiger charge is 2.19. The normalized spacial score (nSPS) is 11.5. The van der Waals surface area contributed by atoms with E-state index < -0.39 is 0 Å².